The molecule has 0 aliphatic rings. The Morgan fingerprint density at radius 3 is 1.81 bits per heavy atom. The average Bonchev–Trinajstić information content (AvgIpc) is 2.57. The van der Waals surface area contributed by atoms with E-state index in [1.54, 1.807) is 0 Å². The molecule has 0 amide bonds. The van der Waals surface area contributed by atoms with Gasteiger partial charge in [-0.25, -0.2) is 0 Å². The van der Waals surface area contributed by atoms with E-state index in [9.17, 15) is 0 Å². The van der Waals surface area contributed by atoms with Crippen molar-refractivity contribution in [3.05, 3.63) is 96.2 Å². The highest BCUT2D eigenvalue weighted by Gasteiger charge is 1.95. The maximum absolute atomic E-state index is 2.35. The molecular weight excluding hydrogens is 268 g/mol. The summed E-state index contributed by atoms with van der Waals surface area (Å²) in [7, 11) is -0.296. The van der Waals surface area contributed by atoms with Crippen molar-refractivity contribution in [1.29, 1.82) is 0 Å². The van der Waals surface area contributed by atoms with E-state index in [1.165, 1.54) is 21.9 Å². The Morgan fingerprint density at radius 1 is 0.571 bits per heavy atom. The van der Waals surface area contributed by atoms with E-state index in [0.717, 1.165) is 0 Å². The normalized spacial score (nSPS) is 11.4. The molecule has 0 aromatic heterocycles. The van der Waals surface area contributed by atoms with Gasteiger partial charge in [0.2, 0.25) is 0 Å². The van der Waals surface area contributed by atoms with Crippen molar-refractivity contribution < 1.29 is 0 Å². The Bertz CT molecular complexity index is 698. The third-order valence-electron chi connectivity index (χ3n) is 3.52. The molecule has 3 aromatic rings. The molecule has 0 aliphatic carbocycles. The lowest BCUT2D eigenvalue weighted by molar-refractivity contribution is 1.60. The van der Waals surface area contributed by atoms with Gasteiger partial charge >= 0.3 is 0 Å². The summed E-state index contributed by atoms with van der Waals surface area (Å²) in [6.45, 7) is 0. The van der Waals surface area contributed by atoms with Crippen LogP contribution in [0.3, 0.4) is 0 Å². The van der Waals surface area contributed by atoms with Crippen molar-refractivity contribution in [3.63, 3.8) is 0 Å². The molecule has 0 N–H and O–H groups in total. The maximum atomic E-state index is 2.35. The molecule has 0 bridgehead atoms. The van der Waals surface area contributed by atoms with Crippen molar-refractivity contribution in [3.8, 4) is 11.1 Å². The molecule has 0 saturated heterocycles. The summed E-state index contributed by atoms with van der Waals surface area (Å²) in [6, 6.07) is 30.0. The number of hydrogen-bond acceptors (Lipinski definition) is 0. The largest absolute Gasteiger partial charge is 0.0956 e. The Kier molecular flexibility index (Phi) is 4.44. The average molecular weight is 286 g/mol. The lowest BCUT2D eigenvalue weighted by atomic mass is 10.0. The van der Waals surface area contributed by atoms with Crippen LogP contribution < -0.4 is 5.19 Å². The SMILES string of the molecule is C(=C\c1ccc(-c2ccccc2)cc1)/[SiH2]c1ccccc1. The monoisotopic (exact) mass is 286 g/mol. The van der Waals surface area contributed by atoms with E-state index in [2.05, 4.69) is 96.7 Å². The standard InChI is InChI=1S/C20H18Si/c1-3-7-18(8-4-1)19-13-11-17(12-14-19)15-16-21-20-9-5-2-6-10-20/h1-16H,21H2/b16-15+. The van der Waals surface area contributed by atoms with Gasteiger partial charge in [0.05, 0.1) is 9.52 Å². The van der Waals surface area contributed by atoms with Crippen molar-refractivity contribution in [2.45, 2.75) is 0 Å². The summed E-state index contributed by atoms with van der Waals surface area (Å²) < 4.78 is 0. The molecule has 0 fully saturated rings. The van der Waals surface area contributed by atoms with Gasteiger partial charge < -0.3 is 0 Å². The fourth-order valence-corrected chi connectivity index (χ4v) is 3.57. The summed E-state index contributed by atoms with van der Waals surface area (Å²) in [4.78, 5) is 0. The molecule has 0 heterocycles. The molecule has 0 saturated carbocycles. The van der Waals surface area contributed by atoms with Crippen molar-refractivity contribution in [1.82, 2.24) is 0 Å². The first-order valence-electron chi connectivity index (χ1n) is 7.28. The third kappa shape index (κ3) is 3.80. The highest BCUT2D eigenvalue weighted by Crippen LogP contribution is 2.19. The second kappa shape index (κ2) is 6.87. The van der Waals surface area contributed by atoms with Crippen LogP contribution in [0.4, 0.5) is 0 Å². The predicted molar refractivity (Wildman–Crippen MR) is 95.5 cm³/mol. The van der Waals surface area contributed by atoms with Gasteiger partial charge in [-0.3, -0.25) is 0 Å². The first-order chi connectivity index (χ1) is 10.4. The van der Waals surface area contributed by atoms with Gasteiger partial charge in [-0.2, -0.15) is 0 Å². The summed E-state index contributed by atoms with van der Waals surface area (Å²) in [5, 5.41) is 1.48. The van der Waals surface area contributed by atoms with E-state index >= 15 is 0 Å². The second-order valence-corrected chi connectivity index (χ2v) is 6.78. The summed E-state index contributed by atoms with van der Waals surface area (Å²) in [5.74, 6) is 0. The van der Waals surface area contributed by atoms with E-state index in [-0.39, 0.29) is 9.52 Å². The van der Waals surface area contributed by atoms with Crippen molar-refractivity contribution >= 4 is 20.8 Å². The molecule has 0 aliphatic heterocycles. The van der Waals surface area contributed by atoms with Gasteiger partial charge in [0, 0.05) is 0 Å². The quantitative estimate of drug-likeness (QED) is 0.640. The van der Waals surface area contributed by atoms with Crippen LogP contribution in [0.2, 0.25) is 0 Å². The van der Waals surface area contributed by atoms with Gasteiger partial charge in [0.15, 0.2) is 0 Å². The zero-order chi connectivity index (χ0) is 14.3. The highest BCUT2D eigenvalue weighted by molar-refractivity contribution is 6.59. The molecular formula is C20H18Si. The molecule has 0 unspecified atom stereocenters. The Morgan fingerprint density at radius 2 is 1.14 bits per heavy atom. The van der Waals surface area contributed by atoms with Gasteiger partial charge in [-0.15, -0.1) is 0 Å². The third-order valence-corrected chi connectivity index (χ3v) is 4.94. The Balaban J connectivity index is 1.67. The van der Waals surface area contributed by atoms with E-state index in [4.69, 9.17) is 0 Å². The molecule has 3 aromatic carbocycles. The number of rotatable bonds is 4. The smallest absolute Gasteiger partial charge is 0.0783 e. The first kappa shape index (κ1) is 13.6. The molecule has 0 spiro atoms. The minimum Gasteiger partial charge on any atom is -0.0956 e. The summed E-state index contributed by atoms with van der Waals surface area (Å²) in [6.07, 6.45) is 2.24. The zero-order valence-electron chi connectivity index (χ0n) is 11.9. The molecule has 0 atom stereocenters. The van der Waals surface area contributed by atoms with Gasteiger partial charge in [-0.05, 0) is 16.7 Å². The lowest BCUT2D eigenvalue weighted by Crippen LogP contribution is -2.09. The number of hydrogen-bond donors (Lipinski definition) is 0. The second-order valence-electron chi connectivity index (χ2n) is 5.08. The molecule has 0 radical (unpaired) electrons. The van der Waals surface area contributed by atoms with Crippen LogP contribution >= 0.6 is 0 Å². The predicted octanol–water partition coefficient (Wildman–Crippen LogP) is 3.82. The first-order valence-corrected chi connectivity index (χ1v) is 8.80. The van der Waals surface area contributed by atoms with Crippen LogP contribution in [0, 0.1) is 0 Å². The fraction of sp³-hybridized carbons (Fsp3) is 0. The fourth-order valence-electron chi connectivity index (χ4n) is 2.36. The summed E-state index contributed by atoms with van der Waals surface area (Å²) in [5.41, 5.74) is 6.17. The Hall–Kier alpha value is -2.38. The maximum Gasteiger partial charge on any atom is 0.0783 e. The van der Waals surface area contributed by atoms with Crippen LogP contribution in [-0.4, -0.2) is 9.52 Å². The van der Waals surface area contributed by atoms with Crippen LogP contribution in [0.1, 0.15) is 5.56 Å². The van der Waals surface area contributed by atoms with Crippen LogP contribution in [0.15, 0.2) is 90.6 Å². The van der Waals surface area contributed by atoms with E-state index in [1.807, 2.05) is 0 Å². The number of benzene rings is 3. The lowest BCUT2D eigenvalue weighted by Gasteiger charge is -2.01. The Labute approximate surface area is 128 Å². The van der Waals surface area contributed by atoms with Gasteiger partial charge in [0.25, 0.3) is 0 Å². The molecule has 102 valence electrons. The van der Waals surface area contributed by atoms with Gasteiger partial charge in [-0.1, -0.05) is 102 Å². The van der Waals surface area contributed by atoms with Crippen LogP contribution in [0.5, 0.6) is 0 Å². The van der Waals surface area contributed by atoms with Gasteiger partial charge in [0.1, 0.15) is 0 Å². The highest BCUT2D eigenvalue weighted by atomic mass is 28.2. The minimum atomic E-state index is -0.296. The minimum absolute atomic E-state index is 0.296. The molecule has 3 rings (SSSR count). The van der Waals surface area contributed by atoms with Crippen LogP contribution in [-0.2, 0) is 0 Å². The molecule has 1 heteroatoms. The zero-order valence-corrected chi connectivity index (χ0v) is 13.4. The van der Waals surface area contributed by atoms with Crippen molar-refractivity contribution in [2.24, 2.45) is 0 Å². The van der Waals surface area contributed by atoms with Crippen LogP contribution in [0.25, 0.3) is 17.2 Å². The van der Waals surface area contributed by atoms with Crippen molar-refractivity contribution in [2.75, 3.05) is 0 Å². The molecule has 0 nitrogen and oxygen atoms in total. The summed E-state index contributed by atoms with van der Waals surface area (Å²) >= 11 is 0. The van der Waals surface area contributed by atoms with E-state index in [0.29, 0.717) is 0 Å². The topological polar surface area (TPSA) is 0 Å². The van der Waals surface area contributed by atoms with E-state index < -0.39 is 0 Å². The molecule has 21 heavy (non-hydrogen) atoms.